The summed E-state index contributed by atoms with van der Waals surface area (Å²) in [6, 6.07) is 15.5. The molecule has 1 aliphatic rings. The monoisotopic (exact) mass is 362 g/mol. The van der Waals surface area contributed by atoms with E-state index in [4.69, 9.17) is 18.5 Å². The molecule has 3 rings (SSSR count). The Kier molecular flexibility index (Phi) is 4.80. The number of rotatable bonds is 7. The van der Waals surface area contributed by atoms with Crippen LogP contribution in [0.2, 0.25) is 0 Å². The number of epoxide rings is 1. The maximum Gasteiger partial charge on any atom is 0.369 e. The minimum absolute atomic E-state index is 0.272. The molecule has 0 aromatic heterocycles. The maximum atomic E-state index is 13.2. The van der Waals surface area contributed by atoms with E-state index >= 15 is 0 Å². The van der Waals surface area contributed by atoms with Crippen molar-refractivity contribution < 1.29 is 27.9 Å². The molecular formula is C18H19O6P. The van der Waals surface area contributed by atoms with E-state index in [1.807, 2.05) is 6.07 Å². The fourth-order valence-electron chi connectivity index (χ4n) is 2.89. The van der Waals surface area contributed by atoms with Gasteiger partial charge in [0.2, 0.25) is 5.34 Å². The van der Waals surface area contributed by atoms with Crippen molar-refractivity contribution in [2.75, 3.05) is 21.3 Å². The van der Waals surface area contributed by atoms with Gasteiger partial charge in [-0.1, -0.05) is 42.5 Å². The van der Waals surface area contributed by atoms with Crippen molar-refractivity contribution in [1.29, 1.82) is 0 Å². The largest absolute Gasteiger partial charge is 0.497 e. The van der Waals surface area contributed by atoms with Crippen molar-refractivity contribution in [1.82, 2.24) is 0 Å². The van der Waals surface area contributed by atoms with Crippen molar-refractivity contribution in [3.8, 4) is 5.75 Å². The van der Waals surface area contributed by atoms with Crippen LogP contribution in [0, 0.1) is 0 Å². The summed E-state index contributed by atoms with van der Waals surface area (Å²) in [6.07, 6.45) is -0.950. The molecule has 0 radical (unpaired) electrons. The molecule has 0 amide bonds. The van der Waals surface area contributed by atoms with Gasteiger partial charge in [0.25, 0.3) is 0 Å². The smallest absolute Gasteiger partial charge is 0.369 e. The van der Waals surface area contributed by atoms with Crippen LogP contribution < -0.4 is 4.74 Å². The van der Waals surface area contributed by atoms with Crippen LogP contribution in [0.15, 0.2) is 54.6 Å². The topological polar surface area (TPSA) is 74.4 Å². The third-order valence-electron chi connectivity index (χ3n) is 4.28. The SMILES string of the molecule is COc1ccc([C@@]2(P(=O)(OC)OC)O[C@@H]2C(=O)c2ccccc2)cc1. The minimum Gasteiger partial charge on any atom is -0.497 e. The molecule has 2 aromatic carbocycles. The Morgan fingerprint density at radius 1 is 1.00 bits per heavy atom. The summed E-state index contributed by atoms with van der Waals surface area (Å²) in [7, 11) is 0.376. The normalized spacial score (nSPS) is 22.4. The maximum absolute atomic E-state index is 13.2. The summed E-state index contributed by atoms with van der Waals surface area (Å²) < 4.78 is 34.4. The van der Waals surface area contributed by atoms with Crippen LogP contribution in [0.25, 0.3) is 0 Å². The zero-order valence-electron chi connectivity index (χ0n) is 14.2. The minimum atomic E-state index is -3.73. The molecule has 0 bridgehead atoms. The number of Topliss-reactive ketones (excluding diaryl/α,β-unsaturated/α-hetero) is 1. The van der Waals surface area contributed by atoms with Crippen molar-refractivity contribution in [2.24, 2.45) is 0 Å². The molecule has 1 fully saturated rings. The number of benzene rings is 2. The fraction of sp³-hybridized carbons (Fsp3) is 0.278. The second-order valence-electron chi connectivity index (χ2n) is 5.52. The van der Waals surface area contributed by atoms with E-state index in [2.05, 4.69) is 0 Å². The van der Waals surface area contributed by atoms with Crippen LogP contribution in [0.3, 0.4) is 0 Å². The Hall–Kier alpha value is -1.98. The Labute approximate surface area is 146 Å². The Morgan fingerprint density at radius 2 is 1.60 bits per heavy atom. The van der Waals surface area contributed by atoms with Crippen molar-refractivity contribution in [3.63, 3.8) is 0 Å². The number of ether oxygens (including phenoxy) is 2. The molecule has 1 aliphatic heterocycles. The summed E-state index contributed by atoms with van der Waals surface area (Å²) in [4.78, 5) is 12.8. The lowest BCUT2D eigenvalue weighted by atomic mass is 10.0. The van der Waals surface area contributed by atoms with Crippen molar-refractivity contribution in [2.45, 2.75) is 11.4 Å². The van der Waals surface area contributed by atoms with Gasteiger partial charge in [0, 0.05) is 19.8 Å². The zero-order chi connectivity index (χ0) is 18.1. The van der Waals surface area contributed by atoms with Crippen molar-refractivity contribution in [3.05, 3.63) is 65.7 Å². The molecule has 7 heteroatoms. The van der Waals surface area contributed by atoms with Gasteiger partial charge in [-0.15, -0.1) is 0 Å². The van der Waals surface area contributed by atoms with Crippen molar-refractivity contribution >= 4 is 13.4 Å². The average Bonchev–Trinajstić information content (AvgIpc) is 3.45. The Bertz CT molecular complexity index is 796. The van der Waals surface area contributed by atoms with Gasteiger partial charge in [0.15, 0.2) is 11.9 Å². The number of carbonyl (C=O) groups is 1. The lowest BCUT2D eigenvalue weighted by Gasteiger charge is -2.22. The first-order valence-corrected chi connectivity index (χ1v) is 9.20. The van der Waals surface area contributed by atoms with E-state index in [1.165, 1.54) is 14.2 Å². The van der Waals surface area contributed by atoms with Gasteiger partial charge in [-0.25, -0.2) is 0 Å². The molecule has 132 valence electrons. The number of ketones is 1. The second kappa shape index (κ2) is 6.73. The molecule has 1 saturated heterocycles. The van der Waals surface area contributed by atoms with E-state index in [1.54, 1.807) is 55.6 Å². The highest BCUT2D eigenvalue weighted by Crippen LogP contribution is 2.74. The average molecular weight is 362 g/mol. The van der Waals surface area contributed by atoms with Gasteiger partial charge < -0.3 is 18.5 Å². The van der Waals surface area contributed by atoms with Gasteiger partial charge in [-0.05, 0) is 17.7 Å². The number of carbonyl (C=O) groups excluding carboxylic acids is 1. The molecule has 2 atom stereocenters. The van der Waals surface area contributed by atoms with E-state index < -0.39 is 19.0 Å². The van der Waals surface area contributed by atoms with Crippen LogP contribution in [0.1, 0.15) is 15.9 Å². The zero-order valence-corrected chi connectivity index (χ0v) is 15.1. The Balaban J connectivity index is 2.04. The summed E-state index contributed by atoms with van der Waals surface area (Å²) in [6.45, 7) is 0. The highest BCUT2D eigenvalue weighted by Gasteiger charge is 2.74. The van der Waals surface area contributed by atoms with Crippen LogP contribution in [0.5, 0.6) is 5.75 Å². The van der Waals surface area contributed by atoms with Gasteiger partial charge in [0.1, 0.15) is 5.75 Å². The predicted octanol–water partition coefficient (Wildman–Crippen LogP) is 3.62. The predicted molar refractivity (Wildman–Crippen MR) is 91.9 cm³/mol. The first-order valence-electron chi connectivity index (χ1n) is 7.65. The molecular weight excluding hydrogens is 343 g/mol. The molecule has 0 spiro atoms. The highest BCUT2D eigenvalue weighted by atomic mass is 31.2. The van der Waals surface area contributed by atoms with Gasteiger partial charge in [-0.2, -0.15) is 0 Å². The lowest BCUT2D eigenvalue weighted by Crippen LogP contribution is -2.21. The van der Waals surface area contributed by atoms with Gasteiger partial charge in [-0.3, -0.25) is 9.36 Å². The van der Waals surface area contributed by atoms with E-state index in [0.29, 0.717) is 16.9 Å². The second-order valence-corrected chi connectivity index (χ2v) is 7.91. The van der Waals surface area contributed by atoms with E-state index in [0.717, 1.165) is 0 Å². The van der Waals surface area contributed by atoms with Crippen LogP contribution >= 0.6 is 7.60 Å². The fourth-order valence-corrected chi connectivity index (χ4v) is 4.69. The molecule has 0 saturated carbocycles. The molecule has 0 aliphatic carbocycles. The summed E-state index contributed by atoms with van der Waals surface area (Å²) in [5.41, 5.74) is 1.01. The first kappa shape index (κ1) is 17.8. The van der Waals surface area contributed by atoms with E-state index in [9.17, 15) is 9.36 Å². The van der Waals surface area contributed by atoms with E-state index in [-0.39, 0.29) is 5.78 Å². The molecule has 1 heterocycles. The third-order valence-corrected chi connectivity index (χ3v) is 6.66. The molecule has 2 aromatic rings. The third kappa shape index (κ3) is 2.81. The van der Waals surface area contributed by atoms with Gasteiger partial charge in [0.05, 0.1) is 7.11 Å². The van der Waals surface area contributed by atoms with Crippen LogP contribution in [0.4, 0.5) is 0 Å². The first-order chi connectivity index (χ1) is 12.0. The summed E-state index contributed by atoms with van der Waals surface area (Å²) in [5.74, 6) is 0.362. The number of hydrogen-bond donors (Lipinski definition) is 0. The summed E-state index contributed by atoms with van der Waals surface area (Å²) >= 11 is 0. The Morgan fingerprint density at radius 3 is 2.12 bits per heavy atom. The summed E-state index contributed by atoms with van der Waals surface area (Å²) in [5, 5.41) is -1.46. The highest BCUT2D eigenvalue weighted by molar-refractivity contribution is 7.55. The number of methoxy groups -OCH3 is 1. The lowest BCUT2D eigenvalue weighted by molar-refractivity contribution is 0.0953. The standard InChI is InChI=1S/C18H19O6P/c1-21-15-11-9-14(10-12-15)18(25(20,22-2)23-3)17(24-18)16(19)13-7-5-4-6-8-13/h4-12,17H,1-3H3/t17-,18+/m1/s1. The number of hydrogen-bond acceptors (Lipinski definition) is 6. The molecule has 0 N–H and O–H groups in total. The molecule has 0 unspecified atom stereocenters. The molecule has 25 heavy (non-hydrogen) atoms. The van der Waals surface area contributed by atoms with Gasteiger partial charge >= 0.3 is 7.60 Å². The van der Waals surface area contributed by atoms with Crippen LogP contribution in [-0.4, -0.2) is 33.2 Å². The quantitative estimate of drug-likeness (QED) is 0.425. The van der Waals surface area contributed by atoms with Crippen LogP contribution in [-0.2, 0) is 23.7 Å². The molecule has 6 nitrogen and oxygen atoms in total.